The number of aromatic nitrogens is 1. The van der Waals surface area contributed by atoms with Crippen LogP contribution < -0.4 is 20.3 Å². The summed E-state index contributed by atoms with van der Waals surface area (Å²) < 4.78 is 25.6. The van der Waals surface area contributed by atoms with Gasteiger partial charge in [-0.15, -0.1) is 0 Å². The first kappa shape index (κ1) is 26.6. The van der Waals surface area contributed by atoms with Crippen molar-refractivity contribution in [1.82, 2.24) is 15.0 Å². The van der Waals surface area contributed by atoms with E-state index in [-0.39, 0.29) is 12.5 Å². The van der Waals surface area contributed by atoms with Crippen LogP contribution in [0.25, 0.3) is 11.1 Å². The van der Waals surface area contributed by atoms with Crippen LogP contribution >= 0.6 is 11.6 Å². The van der Waals surface area contributed by atoms with Crippen LogP contribution in [-0.2, 0) is 21.4 Å². The maximum Gasteiger partial charge on any atom is 0.320 e. The number of anilines is 2. The summed E-state index contributed by atoms with van der Waals surface area (Å²) in [6, 6.07) is 17.8. The summed E-state index contributed by atoms with van der Waals surface area (Å²) in [4.78, 5) is 31.7. The molecule has 0 radical (unpaired) electrons. The normalized spacial score (nSPS) is 17.9. The van der Waals surface area contributed by atoms with Gasteiger partial charge in [-0.3, -0.25) is 4.79 Å². The topological polar surface area (TPSA) is 120 Å². The molecule has 0 aliphatic carbocycles. The molecule has 37 heavy (non-hydrogen) atoms. The molecule has 1 aliphatic heterocycles. The maximum atomic E-state index is 13.5. The van der Waals surface area contributed by atoms with Crippen LogP contribution in [0, 0.1) is 0 Å². The lowest BCUT2D eigenvalue weighted by atomic mass is 9.89. The number of hydrogen-bond donors (Lipinski definition) is 3. The second-order valence-corrected chi connectivity index (χ2v) is 11.4. The van der Waals surface area contributed by atoms with Crippen molar-refractivity contribution < 1.29 is 18.0 Å². The van der Waals surface area contributed by atoms with Gasteiger partial charge in [0.05, 0.1) is 18.1 Å². The number of halogens is 1. The number of nitrogens with one attached hydrogen (secondary N) is 3. The van der Waals surface area contributed by atoms with Crippen LogP contribution in [0.2, 0.25) is 5.15 Å². The highest BCUT2D eigenvalue weighted by Gasteiger charge is 2.41. The van der Waals surface area contributed by atoms with Crippen molar-refractivity contribution in [3.63, 3.8) is 0 Å². The fraction of sp³-hybridized carbons (Fsp3) is 0.269. The molecule has 1 saturated heterocycles. The molecule has 3 aromatic rings. The minimum Gasteiger partial charge on any atom is -0.324 e. The van der Waals surface area contributed by atoms with Gasteiger partial charge in [0.1, 0.15) is 10.7 Å². The van der Waals surface area contributed by atoms with Gasteiger partial charge in [0.2, 0.25) is 10.0 Å². The molecule has 11 heteroatoms. The SMILES string of the molecule is C[C@]1(NC(=O)Nc2ccc(Cl)nc2)CCCN(c2ccc(-c3ccccc3CNS(C)(=O)=O)cc2)C1=O. The van der Waals surface area contributed by atoms with E-state index in [1.807, 2.05) is 48.5 Å². The number of urea groups is 1. The number of pyridine rings is 1. The number of carbonyl (C=O) groups excluding carboxylic acids is 2. The molecule has 0 bridgehead atoms. The molecule has 1 aromatic heterocycles. The van der Waals surface area contributed by atoms with E-state index in [2.05, 4.69) is 20.3 Å². The number of hydrogen-bond acceptors (Lipinski definition) is 5. The van der Waals surface area contributed by atoms with Crippen molar-refractivity contribution in [3.05, 3.63) is 77.6 Å². The van der Waals surface area contributed by atoms with Crippen LogP contribution in [0.5, 0.6) is 0 Å². The second kappa shape index (κ2) is 10.9. The molecule has 0 unspecified atom stereocenters. The number of benzene rings is 2. The summed E-state index contributed by atoms with van der Waals surface area (Å²) in [7, 11) is -3.33. The Morgan fingerprint density at radius 1 is 1.11 bits per heavy atom. The number of rotatable bonds is 7. The highest BCUT2D eigenvalue weighted by Crippen LogP contribution is 2.30. The van der Waals surface area contributed by atoms with Gasteiger partial charge in [0, 0.05) is 18.8 Å². The van der Waals surface area contributed by atoms with Gasteiger partial charge in [-0.1, -0.05) is 48.0 Å². The van der Waals surface area contributed by atoms with Gasteiger partial charge < -0.3 is 15.5 Å². The minimum absolute atomic E-state index is 0.180. The molecule has 194 valence electrons. The molecular weight excluding hydrogens is 514 g/mol. The fourth-order valence-corrected chi connectivity index (χ4v) is 4.84. The quantitative estimate of drug-likeness (QED) is 0.388. The van der Waals surface area contributed by atoms with Crippen LogP contribution in [0.15, 0.2) is 66.9 Å². The van der Waals surface area contributed by atoms with Crippen LogP contribution in [0.1, 0.15) is 25.3 Å². The van der Waals surface area contributed by atoms with Crippen LogP contribution in [-0.4, -0.2) is 43.7 Å². The van der Waals surface area contributed by atoms with Crippen molar-refractivity contribution in [2.24, 2.45) is 0 Å². The van der Waals surface area contributed by atoms with E-state index < -0.39 is 21.6 Å². The lowest BCUT2D eigenvalue weighted by Gasteiger charge is -2.39. The second-order valence-electron chi connectivity index (χ2n) is 9.14. The number of carbonyl (C=O) groups is 2. The number of piperidine rings is 1. The molecule has 1 atom stereocenters. The monoisotopic (exact) mass is 541 g/mol. The predicted octanol–water partition coefficient (Wildman–Crippen LogP) is 4.16. The van der Waals surface area contributed by atoms with E-state index in [1.165, 1.54) is 6.20 Å². The molecule has 3 N–H and O–H groups in total. The Bertz CT molecular complexity index is 1400. The largest absolute Gasteiger partial charge is 0.324 e. The Labute approximate surface area is 221 Å². The highest BCUT2D eigenvalue weighted by atomic mass is 35.5. The van der Waals surface area contributed by atoms with E-state index >= 15 is 0 Å². The molecule has 1 aliphatic rings. The van der Waals surface area contributed by atoms with Crippen molar-refractivity contribution >= 4 is 44.9 Å². The first-order valence-electron chi connectivity index (χ1n) is 11.7. The third-order valence-electron chi connectivity index (χ3n) is 6.18. The van der Waals surface area contributed by atoms with E-state index in [0.717, 1.165) is 28.6 Å². The van der Waals surface area contributed by atoms with Gasteiger partial charge >= 0.3 is 6.03 Å². The Morgan fingerprint density at radius 3 is 2.51 bits per heavy atom. The Hall–Kier alpha value is -3.47. The summed E-state index contributed by atoms with van der Waals surface area (Å²) in [6.07, 6.45) is 3.79. The third kappa shape index (κ3) is 6.65. The molecule has 0 saturated carbocycles. The van der Waals surface area contributed by atoms with E-state index in [9.17, 15) is 18.0 Å². The standard InChI is InChI=1S/C26H28ClN5O4S/c1-26(31-25(34)30-20-10-13-23(27)28-17-20)14-5-15-32(24(26)33)21-11-8-18(9-12-21)22-7-4-3-6-19(22)16-29-37(2,35)36/h3-4,6-13,17,29H,5,14-16H2,1-2H3,(H2,30,31,34)/t26-/m0/s1. The Kier molecular flexibility index (Phi) is 7.82. The molecule has 3 amide bonds. The van der Waals surface area contributed by atoms with Gasteiger partial charge in [-0.2, -0.15) is 0 Å². The summed E-state index contributed by atoms with van der Waals surface area (Å²) >= 11 is 5.79. The molecule has 4 rings (SSSR count). The fourth-order valence-electron chi connectivity index (χ4n) is 4.31. The van der Waals surface area contributed by atoms with Crippen LogP contribution in [0.3, 0.4) is 0 Å². The van der Waals surface area contributed by atoms with Crippen molar-refractivity contribution in [1.29, 1.82) is 0 Å². The molecule has 9 nitrogen and oxygen atoms in total. The number of nitrogens with zero attached hydrogens (tertiary/aromatic N) is 2. The molecule has 0 spiro atoms. The van der Waals surface area contributed by atoms with E-state index in [0.29, 0.717) is 30.2 Å². The first-order chi connectivity index (χ1) is 17.5. The molecule has 2 aromatic carbocycles. The predicted molar refractivity (Wildman–Crippen MR) is 145 cm³/mol. The smallest absolute Gasteiger partial charge is 0.320 e. The van der Waals surface area contributed by atoms with E-state index in [4.69, 9.17) is 11.6 Å². The lowest BCUT2D eigenvalue weighted by molar-refractivity contribution is -0.125. The first-order valence-corrected chi connectivity index (χ1v) is 14.0. The third-order valence-corrected chi connectivity index (χ3v) is 7.07. The van der Waals surface area contributed by atoms with Crippen molar-refractivity contribution in [2.45, 2.75) is 31.8 Å². The lowest BCUT2D eigenvalue weighted by Crippen LogP contribution is -2.61. The molecule has 2 heterocycles. The highest BCUT2D eigenvalue weighted by molar-refractivity contribution is 7.88. The summed E-state index contributed by atoms with van der Waals surface area (Å²) in [5, 5.41) is 5.82. The number of sulfonamides is 1. The van der Waals surface area contributed by atoms with Crippen molar-refractivity contribution in [2.75, 3.05) is 23.0 Å². The Balaban J connectivity index is 1.48. The summed E-state index contributed by atoms with van der Waals surface area (Å²) in [5.41, 5.74) is 2.74. The maximum absolute atomic E-state index is 13.5. The molecule has 1 fully saturated rings. The Morgan fingerprint density at radius 2 is 1.84 bits per heavy atom. The van der Waals surface area contributed by atoms with E-state index in [1.54, 1.807) is 24.0 Å². The average Bonchev–Trinajstić information content (AvgIpc) is 2.86. The zero-order valence-electron chi connectivity index (χ0n) is 20.5. The van der Waals surface area contributed by atoms with Gasteiger partial charge in [-0.25, -0.2) is 22.9 Å². The van der Waals surface area contributed by atoms with Gasteiger partial charge in [0.15, 0.2) is 0 Å². The number of amides is 3. The summed E-state index contributed by atoms with van der Waals surface area (Å²) in [5.74, 6) is -0.200. The van der Waals surface area contributed by atoms with Crippen LogP contribution in [0.4, 0.5) is 16.2 Å². The summed E-state index contributed by atoms with van der Waals surface area (Å²) in [6.45, 7) is 2.44. The van der Waals surface area contributed by atoms with Crippen molar-refractivity contribution in [3.8, 4) is 11.1 Å². The minimum atomic E-state index is -3.33. The zero-order valence-corrected chi connectivity index (χ0v) is 22.1. The van der Waals surface area contributed by atoms with Gasteiger partial charge in [-0.05, 0) is 60.7 Å². The zero-order chi connectivity index (χ0) is 26.6. The van der Waals surface area contributed by atoms with Gasteiger partial charge in [0.25, 0.3) is 5.91 Å². The molecular formula is C26H28ClN5O4S. The average molecular weight is 542 g/mol.